The quantitative estimate of drug-likeness (QED) is 0.115. The van der Waals surface area contributed by atoms with Gasteiger partial charge in [-0.15, -0.1) is 102 Å². The summed E-state index contributed by atoms with van der Waals surface area (Å²) in [5.74, 6) is 0.853. The van der Waals surface area contributed by atoms with Crippen LogP contribution in [0.3, 0.4) is 0 Å². The summed E-state index contributed by atoms with van der Waals surface area (Å²) in [6.45, 7) is 4.30. The third kappa shape index (κ3) is 10.2. The topological polar surface area (TPSA) is 43.6 Å². The second-order valence-electron chi connectivity index (χ2n) is 19.8. The molecule has 5 heteroatoms. The number of para-hydroxylation sites is 1. The minimum atomic E-state index is 0. The van der Waals surface area contributed by atoms with Crippen LogP contribution >= 0.6 is 0 Å². The number of imidazole rings is 1. The first-order valence-electron chi connectivity index (χ1n) is 26.6. The molecule has 0 radical (unpaired) electrons. The van der Waals surface area contributed by atoms with E-state index in [2.05, 4.69) is 243 Å². The van der Waals surface area contributed by atoms with E-state index in [9.17, 15) is 0 Å². The van der Waals surface area contributed by atoms with Gasteiger partial charge in [-0.1, -0.05) is 175 Å². The first-order chi connectivity index (χ1) is 39.0. The smallest absolute Gasteiger partial charge is 0.340 e. The van der Waals surface area contributed by atoms with Crippen molar-refractivity contribution in [2.24, 2.45) is 0 Å². The molecule has 4 nitrogen and oxygen atoms in total. The second kappa shape index (κ2) is 22.8. The molecule has 80 heavy (non-hydrogen) atoms. The maximum Gasteiger partial charge on any atom is 3.00 e. The maximum absolute atomic E-state index is 5.16. The van der Waals surface area contributed by atoms with Gasteiger partial charge in [-0.05, 0) is 127 Å². The molecule has 3 heterocycles. The Kier molecular flexibility index (Phi) is 14.5. The van der Waals surface area contributed by atoms with E-state index in [1.54, 1.807) is 0 Å². The first kappa shape index (κ1) is 51.1. The Hall–Kier alpha value is -9.64. The molecule has 0 unspecified atom stereocenters. The van der Waals surface area contributed by atoms with Crippen LogP contribution in [0.4, 0.5) is 0 Å². The summed E-state index contributed by atoms with van der Waals surface area (Å²) in [6.07, 6.45) is 7.93. The van der Waals surface area contributed by atoms with Gasteiger partial charge in [0.1, 0.15) is 0 Å². The summed E-state index contributed by atoms with van der Waals surface area (Å²) in [4.78, 5) is 15.0. The van der Waals surface area contributed by atoms with Crippen LogP contribution in [-0.2, 0) is 20.1 Å². The van der Waals surface area contributed by atoms with Gasteiger partial charge < -0.3 is 14.5 Å². The van der Waals surface area contributed by atoms with Crippen LogP contribution in [0, 0.1) is 32.0 Å². The average molecular weight is 1200 g/mol. The molecule has 0 amide bonds. The number of benzene rings is 10. The van der Waals surface area contributed by atoms with Gasteiger partial charge in [0.05, 0.1) is 5.82 Å². The largest absolute Gasteiger partial charge is 3.00 e. The van der Waals surface area contributed by atoms with E-state index < -0.39 is 0 Å². The number of aryl methyl sites for hydroxylation is 2. The van der Waals surface area contributed by atoms with Crippen LogP contribution in [0.2, 0.25) is 0 Å². The third-order valence-electron chi connectivity index (χ3n) is 14.9. The van der Waals surface area contributed by atoms with Crippen molar-refractivity contribution in [3.05, 3.63) is 303 Å². The van der Waals surface area contributed by atoms with Gasteiger partial charge in [0.2, 0.25) is 0 Å². The van der Waals surface area contributed by atoms with Gasteiger partial charge in [0.25, 0.3) is 0 Å². The van der Waals surface area contributed by atoms with Crippen LogP contribution in [-0.4, -0.2) is 19.5 Å². The number of rotatable bonds is 12. The van der Waals surface area contributed by atoms with Gasteiger partial charge in [0.15, 0.2) is 0 Å². The molecule has 0 fully saturated rings. The molecule has 10 aromatic carbocycles. The first-order valence-corrected chi connectivity index (χ1v) is 26.6. The SMILES string of the molecule is Cc1cccc(C)c1-n1ccnc1-c1[c-]cc(-c2ccccc2-c2cc(-c3ccccc3-c3ccc(-c4[c-]cccc4)nc3)cc(-c3ccccc3-c3cnc(-c4[c-]cccc4)cc3-c3ccc(-c4ccccc4)cc3)c2)cc1.[Ir+3]. The summed E-state index contributed by atoms with van der Waals surface area (Å²) in [7, 11) is 0. The minimum absolute atomic E-state index is 0. The fourth-order valence-electron chi connectivity index (χ4n) is 11.0. The normalized spacial score (nSPS) is 11.0. The van der Waals surface area contributed by atoms with Gasteiger partial charge in [0, 0.05) is 36.0 Å². The molecular weight excluding hydrogens is 1150 g/mol. The molecule has 0 spiro atoms. The number of aromatic nitrogens is 4. The van der Waals surface area contributed by atoms with E-state index in [0.717, 1.165) is 123 Å². The van der Waals surface area contributed by atoms with Crippen LogP contribution in [0.1, 0.15) is 11.1 Å². The Morgan fingerprint density at radius 1 is 0.325 bits per heavy atom. The van der Waals surface area contributed by atoms with Gasteiger partial charge in [-0.2, -0.15) is 0 Å². The summed E-state index contributed by atoms with van der Waals surface area (Å²) in [6, 6.07) is 98.4. The molecule has 380 valence electrons. The number of pyridine rings is 2. The van der Waals surface area contributed by atoms with Crippen LogP contribution in [0.5, 0.6) is 0 Å². The number of hydrogen-bond donors (Lipinski definition) is 0. The summed E-state index contributed by atoms with van der Waals surface area (Å²) in [5, 5.41) is 0. The zero-order valence-electron chi connectivity index (χ0n) is 44.1. The molecule has 0 saturated heterocycles. The zero-order valence-corrected chi connectivity index (χ0v) is 46.5. The van der Waals surface area contributed by atoms with E-state index in [1.165, 1.54) is 16.7 Å². The van der Waals surface area contributed by atoms with E-state index >= 15 is 0 Å². The van der Waals surface area contributed by atoms with Crippen molar-refractivity contribution < 1.29 is 20.1 Å². The van der Waals surface area contributed by atoms with Crippen molar-refractivity contribution in [1.29, 1.82) is 0 Å². The zero-order chi connectivity index (χ0) is 53.1. The maximum atomic E-state index is 5.16. The fraction of sp³-hybridized carbons (Fsp3) is 0.0267. The van der Waals surface area contributed by atoms with Crippen molar-refractivity contribution in [3.8, 4) is 129 Å². The molecule has 0 bridgehead atoms. The molecule has 0 atom stereocenters. The van der Waals surface area contributed by atoms with E-state index in [1.807, 2.05) is 67.3 Å². The Balaban J connectivity index is 0.00000637. The third-order valence-corrected chi connectivity index (χ3v) is 14.9. The van der Waals surface area contributed by atoms with Crippen molar-refractivity contribution in [2.75, 3.05) is 0 Å². The van der Waals surface area contributed by atoms with Gasteiger partial charge in [-0.3, -0.25) is 4.98 Å². The second-order valence-corrected chi connectivity index (χ2v) is 19.8. The Morgan fingerprint density at radius 3 is 1.40 bits per heavy atom. The molecule has 0 saturated carbocycles. The Morgan fingerprint density at radius 2 is 0.825 bits per heavy atom. The van der Waals surface area contributed by atoms with E-state index in [-0.39, 0.29) is 20.1 Å². The molecule has 0 aliphatic heterocycles. The van der Waals surface area contributed by atoms with Crippen molar-refractivity contribution in [3.63, 3.8) is 0 Å². The molecule has 3 aromatic heterocycles. The molecule has 0 aliphatic rings. The van der Waals surface area contributed by atoms with E-state index in [4.69, 9.17) is 15.0 Å². The number of hydrogen-bond acceptors (Lipinski definition) is 3. The van der Waals surface area contributed by atoms with Crippen molar-refractivity contribution >= 4 is 0 Å². The molecule has 0 N–H and O–H groups in total. The molecule has 0 aliphatic carbocycles. The van der Waals surface area contributed by atoms with Crippen LogP contribution < -0.4 is 0 Å². The van der Waals surface area contributed by atoms with Crippen molar-refractivity contribution in [1.82, 2.24) is 19.5 Å². The van der Waals surface area contributed by atoms with Crippen LogP contribution in [0.15, 0.2) is 274 Å². The van der Waals surface area contributed by atoms with Gasteiger partial charge in [-0.25, -0.2) is 0 Å². The summed E-state index contributed by atoms with van der Waals surface area (Å²) >= 11 is 0. The van der Waals surface area contributed by atoms with Crippen molar-refractivity contribution in [2.45, 2.75) is 13.8 Å². The van der Waals surface area contributed by atoms with E-state index in [0.29, 0.717) is 0 Å². The molecule has 13 aromatic rings. The Bertz CT molecular complexity index is 4260. The standard InChI is InChI=1S/C75H51N4.Ir/c1-51-19-18-20-52(2)74(51)79-44-43-76-75(79)59-39-37-55(38-40-59)64-27-12-14-29-66(64)61-45-62(67-30-15-13-28-65(67)60-41-42-72(77-49-60)57-23-8-4-9-24-57)47-63(46-61)68-31-16-17-32-69(68)71-50-78-73(58-25-10-5-11-26-58)48-70(71)56-35-33-54(34-36-56)53-21-6-3-7-22-53;/h3-23,25,27-39,41-50H,1-2H3;/q-3;+3. The predicted molar refractivity (Wildman–Crippen MR) is 325 cm³/mol. The monoisotopic (exact) mass is 1200 g/mol. The molecule has 13 rings (SSSR count). The minimum Gasteiger partial charge on any atom is -0.340 e. The summed E-state index contributed by atoms with van der Waals surface area (Å²) in [5.41, 5.74) is 25.6. The summed E-state index contributed by atoms with van der Waals surface area (Å²) < 4.78 is 2.18. The predicted octanol–water partition coefficient (Wildman–Crippen LogP) is 19.0. The average Bonchev–Trinajstić information content (AvgIpc) is 4.02. The Labute approximate surface area is 481 Å². The van der Waals surface area contributed by atoms with Crippen LogP contribution in [0.25, 0.3) is 129 Å². The number of nitrogens with zero attached hydrogens (tertiary/aromatic N) is 4. The van der Waals surface area contributed by atoms with Gasteiger partial charge >= 0.3 is 20.1 Å². The molecular formula is C75H51IrN4. The fourth-order valence-corrected chi connectivity index (χ4v) is 11.0.